The molecule has 0 aliphatic carbocycles. The number of furan rings is 2. The van der Waals surface area contributed by atoms with Crippen LogP contribution in [-0.2, 0) is 16.4 Å². The lowest BCUT2D eigenvalue weighted by Crippen LogP contribution is -2.25. The maximum atomic E-state index is 12.9. The van der Waals surface area contributed by atoms with Crippen molar-refractivity contribution in [2.24, 2.45) is 0 Å². The van der Waals surface area contributed by atoms with Gasteiger partial charge in [-0.05, 0) is 42.0 Å². The van der Waals surface area contributed by atoms with Crippen LogP contribution in [0.3, 0.4) is 0 Å². The molecule has 1 aromatic carbocycles. The highest BCUT2D eigenvalue weighted by molar-refractivity contribution is 7.92. The van der Waals surface area contributed by atoms with Crippen LogP contribution in [0.1, 0.15) is 17.0 Å². The molecular formula is C19H17NO4S. The van der Waals surface area contributed by atoms with Gasteiger partial charge in [-0.1, -0.05) is 0 Å². The minimum absolute atomic E-state index is 0.0156. The molecule has 0 amide bonds. The van der Waals surface area contributed by atoms with Crippen molar-refractivity contribution < 1.29 is 17.3 Å². The predicted molar refractivity (Wildman–Crippen MR) is 91.8 cm³/mol. The Morgan fingerprint density at radius 2 is 2.04 bits per heavy atom. The van der Waals surface area contributed by atoms with Gasteiger partial charge in [0.05, 0.1) is 28.9 Å². The topological polar surface area (TPSA) is 63.7 Å². The molecule has 5 rings (SSSR count). The zero-order valence-electron chi connectivity index (χ0n) is 13.5. The van der Waals surface area contributed by atoms with E-state index in [9.17, 15) is 8.42 Å². The summed E-state index contributed by atoms with van der Waals surface area (Å²) >= 11 is 0. The maximum Gasteiger partial charge on any atom is 0.183 e. The first-order chi connectivity index (χ1) is 12.1. The fraction of sp³-hybridized carbons (Fsp3) is 0.263. The van der Waals surface area contributed by atoms with E-state index in [4.69, 9.17) is 8.83 Å². The van der Waals surface area contributed by atoms with E-state index in [1.165, 1.54) is 0 Å². The number of rotatable bonds is 3. The number of likely N-dealkylation sites (tertiary alicyclic amines) is 1. The predicted octanol–water partition coefficient (Wildman–Crippen LogP) is 3.29. The van der Waals surface area contributed by atoms with Crippen molar-refractivity contribution in [3.8, 4) is 11.3 Å². The second-order valence-corrected chi connectivity index (χ2v) is 8.88. The molecule has 0 radical (unpaired) electrons. The highest BCUT2D eigenvalue weighted by Gasteiger charge is 2.50. The first kappa shape index (κ1) is 15.0. The number of fused-ring (bicyclic) bond motifs is 3. The molecule has 5 nitrogen and oxygen atoms in total. The van der Waals surface area contributed by atoms with Crippen molar-refractivity contribution in [3.05, 3.63) is 66.3 Å². The first-order valence-corrected chi connectivity index (χ1v) is 9.83. The van der Waals surface area contributed by atoms with Crippen LogP contribution in [0.2, 0.25) is 0 Å². The number of hydrogen-bond acceptors (Lipinski definition) is 5. The summed E-state index contributed by atoms with van der Waals surface area (Å²) in [6.07, 6.45) is 4.99. The molecule has 0 saturated carbocycles. The number of benzene rings is 1. The highest BCUT2D eigenvalue weighted by atomic mass is 32.2. The summed E-state index contributed by atoms with van der Waals surface area (Å²) in [7, 11) is -3.28. The Hall–Kier alpha value is -2.31. The Kier molecular flexibility index (Phi) is 3.20. The lowest BCUT2D eigenvalue weighted by atomic mass is 9.96. The van der Waals surface area contributed by atoms with Crippen molar-refractivity contribution in [2.45, 2.75) is 22.6 Å². The van der Waals surface area contributed by atoms with Gasteiger partial charge < -0.3 is 8.83 Å². The largest absolute Gasteiger partial charge is 0.472 e. The van der Waals surface area contributed by atoms with Gasteiger partial charge in [0.25, 0.3) is 0 Å². The molecule has 2 aromatic heterocycles. The fourth-order valence-electron chi connectivity index (χ4n) is 4.09. The van der Waals surface area contributed by atoms with E-state index < -0.39 is 9.84 Å². The quantitative estimate of drug-likeness (QED) is 0.721. The molecule has 25 heavy (non-hydrogen) atoms. The average Bonchev–Trinajstić information content (AvgIpc) is 3.37. The van der Waals surface area contributed by atoms with Gasteiger partial charge in [-0.25, -0.2) is 8.42 Å². The molecule has 2 aliphatic rings. The Bertz CT molecular complexity index is 1010. The average molecular weight is 355 g/mol. The minimum atomic E-state index is -3.28. The summed E-state index contributed by atoms with van der Waals surface area (Å²) in [5.41, 5.74) is 2.92. The van der Waals surface area contributed by atoms with E-state index >= 15 is 0 Å². The molecule has 1 saturated heterocycles. The van der Waals surface area contributed by atoms with Crippen LogP contribution >= 0.6 is 0 Å². The third-order valence-electron chi connectivity index (χ3n) is 5.25. The second-order valence-electron chi connectivity index (χ2n) is 6.75. The van der Waals surface area contributed by atoms with Crippen molar-refractivity contribution in [1.29, 1.82) is 0 Å². The highest BCUT2D eigenvalue weighted by Crippen LogP contribution is 2.46. The molecule has 2 atom stereocenters. The smallest absolute Gasteiger partial charge is 0.183 e. The standard InChI is InChI=1S/C19H17NO4S/c21-25(22)18-4-3-14(17-2-1-6-24-17)8-15(18)16-10-20(11-19(16)25)9-13-5-7-23-12-13/h1-8,12,16,19H,9-11H2/t16-,19-/m1/s1. The van der Waals surface area contributed by atoms with Crippen LogP contribution in [0.25, 0.3) is 11.3 Å². The Balaban J connectivity index is 1.51. The van der Waals surface area contributed by atoms with Gasteiger partial charge in [-0.2, -0.15) is 0 Å². The number of hydrogen-bond donors (Lipinski definition) is 0. The molecule has 0 spiro atoms. The summed E-state index contributed by atoms with van der Waals surface area (Å²) in [5.74, 6) is 0.777. The van der Waals surface area contributed by atoms with Crippen LogP contribution in [0, 0.1) is 0 Å². The number of sulfone groups is 1. The van der Waals surface area contributed by atoms with E-state index in [2.05, 4.69) is 4.90 Å². The molecule has 1 fully saturated rings. The van der Waals surface area contributed by atoms with E-state index in [0.717, 1.165) is 29.0 Å². The molecule has 0 unspecified atom stereocenters. The third-order valence-corrected chi connectivity index (χ3v) is 7.51. The van der Waals surface area contributed by atoms with Gasteiger partial charge in [0, 0.05) is 36.7 Å². The minimum Gasteiger partial charge on any atom is -0.472 e. The van der Waals surface area contributed by atoms with Gasteiger partial charge in [-0.15, -0.1) is 0 Å². The zero-order chi connectivity index (χ0) is 17.0. The fourth-order valence-corrected chi connectivity index (χ4v) is 6.29. The summed E-state index contributed by atoms with van der Waals surface area (Å²) in [4.78, 5) is 2.68. The normalized spacial score (nSPS) is 24.3. The zero-order valence-corrected chi connectivity index (χ0v) is 14.3. The number of nitrogens with zero attached hydrogens (tertiary/aromatic N) is 1. The van der Waals surface area contributed by atoms with E-state index in [-0.39, 0.29) is 11.2 Å². The maximum absolute atomic E-state index is 12.9. The molecule has 6 heteroatoms. The first-order valence-electron chi connectivity index (χ1n) is 8.28. The summed E-state index contributed by atoms with van der Waals surface area (Å²) in [6.45, 7) is 2.01. The SMILES string of the molecule is O=S1(=O)c2ccc(-c3ccco3)cc2[C@H]2CN(Cc3ccoc3)C[C@H]21. The summed E-state index contributed by atoms with van der Waals surface area (Å²) in [6, 6.07) is 11.2. The molecule has 3 aromatic rings. The van der Waals surface area contributed by atoms with E-state index in [1.807, 2.05) is 30.3 Å². The van der Waals surface area contributed by atoms with Gasteiger partial charge in [0.15, 0.2) is 9.84 Å². The van der Waals surface area contributed by atoms with E-state index in [0.29, 0.717) is 18.0 Å². The molecular weight excluding hydrogens is 338 g/mol. The van der Waals surface area contributed by atoms with Gasteiger partial charge >= 0.3 is 0 Å². The van der Waals surface area contributed by atoms with Crippen molar-refractivity contribution in [3.63, 3.8) is 0 Å². The lowest BCUT2D eigenvalue weighted by molar-refractivity contribution is 0.324. The van der Waals surface area contributed by atoms with Gasteiger partial charge in [-0.3, -0.25) is 4.90 Å². The van der Waals surface area contributed by atoms with Gasteiger partial charge in [0.1, 0.15) is 5.76 Å². The Morgan fingerprint density at radius 3 is 2.80 bits per heavy atom. The lowest BCUT2D eigenvalue weighted by Gasteiger charge is -2.16. The van der Waals surface area contributed by atoms with Crippen LogP contribution in [0.15, 0.2) is 68.9 Å². The van der Waals surface area contributed by atoms with Crippen LogP contribution in [0.5, 0.6) is 0 Å². The van der Waals surface area contributed by atoms with Crippen LogP contribution in [0.4, 0.5) is 0 Å². The monoisotopic (exact) mass is 355 g/mol. The Labute approximate surface area is 145 Å². The van der Waals surface area contributed by atoms with Crippen LogP contribution in [-0.4, -0.2) is 31.7 Å². The summed E-state index contributed by atoms with van der Waals surface area (Å²) in [5, 5.41) is -0.360. The third kappa shape index (κ3) is 2.28. The molecule has 2 aliphatic heterocycles. The second kappa shape index (κ2) is 5.34. The summed E-state index contributed by atoms with van der Waals surface area (Å²) < 4.78 is 36.5. The molecule has 0 N–H and O–H groups in total. The van der Waals surface area contributed by atoms with E-state index in [1.54, 1.807) is 24.9 Å². The molecule has 128 valence electrons. The molecule has 4 heterocycles. The van der Waals surface area contributed by atoms with Crippen LogP contribution < -0.4 is 0 Å². The molecule has 0 bridgehead atoms. The van der Waals surface area contributed by atoms with Crippen molar-refractivity contribution >= 4 is 9.84 Å². The van der Waals surface area contributed by atoms with Crippen molar-refractivity contribution in [1.82, 2.24) is 4.90 Å². The van der Waals surface area contributed by atoms with Crippen molar-refractivity contribution in [2.75, 3.05) is 13.1 Å². The van der Waals surface area contributed by atoms with Gasteiger partial charge in [0.2, 0.25) is 0 Å². The Morgan fingerprint density at radius 1 is 1.12 bits per heavy atom.